The van der Waals surface area contributed by atoms with Crippen molar-refractivity contribution in [1.29, 1.82) is 0 Å². The minimum absolute atomic E-state index is 0. The van der Waals surface area contributed by atoms with Gasteiger partial charge < -0.3 is 4.74 Å². The summed E-state index contributed by atoms with van der Waals surface area (Å²) >= 11 is 0. The molecule has 0 amide bonds. The first kappa shape index (κ1) is 44.9. The lowest BCUT2D eigenvalue weighted by atomic mass is 9.76. The number of carbonyl (C=O) groups is 1. The Balaban J connectivity index is 0. The molecular formula is C35H73O6PS. The van der Waals surface area contributed by atoms with Crippen molar-refractivity contribution in [2.45, 2.75) is 200 Å². The Hall–Kier alpha value is -0.230. The molecule has 0 radical (unpaired) electrons. The van der Waals surface area contributed by atoms with Gasteiger partial charge in [0.05, 0.1) is 20.1 Å². The van der Waals surface area contributed by atoms with E-state index >= 15 is 0 Å². The van der Waals surface area contributed by atoms with E-state index in [4.69, 9.17) is 13.1 Å². The van der Waals surface area contributed by atoms with Gasteiger partial charge in [-0.2, -0.15) is 18.3 Å². The SMILES string of the molecule is CCCCCCCCCCC(C(=O)OC)C(CCCCCCCCCC)(CCCCCCCCCC)OS(=O)(=O)OC.P. The maximum absolute atomic E-state index is 13.3. The monoisotopic (exact) mass is 652 g/mol. The van der Waals surface area contributed by atoms with Gasteiger partial charge in [0, 0.05) is 0 Å². The predicted octanol–water partition coefficient (Wildman–Crippen LogP) is 11.1. The zero-order valence-electron chi connectivity index (χ0n) is 29.2. The molecule has 8 heteroatoms. The Morgan fingerprint density at radius 2 is 0.884 bits per heavy atom. The molecule has 0 bridgehead atoms. The molecule has 0 fully saturated rings. The van der Waals surface area contributed by atoms with Crippen LogP contribution in [-0.2, 0) is 28.3 Å². The smallest absolute Gasteiger partial charge is 0.400 e. The second-order valence-electron chi connectivity index (χ2n) is 12.5. The van der Waals surface area contributed by atoms with Crippen molar-refractivity contribution in [1.82, 2.24) is 0 Å². The standard InChI is InChI=1S/C35H70O6S.H3P/c1-6-9-12-15-18-21-24-27-30-33(34(36)39-4)35(41-42(37,38)40-5,31-28-25-22-19-16-13-10-7-2)32-29-26-23-20-17-14-11-8-3;/h33H,6-32H2,1-5H3;1H3. The van der Waals surface area contributed by atoms with Crippen molar-refractivity contribution >= 4 is 26.3 Å². The van der Waals surface area contributed by atoms with E-state index in [2.05, 4.69) is 20.8 Å². The fourth-order valence-corrected chi connectivity index (χ4v) is 6.95. The first-order chi connectivity index (χ1) is 20.3. The highest BCUT2D eigenvalue weighted by Gasteiger charge is 2.47. The number of hydrogen-bond acceptors (Lipinski definition) is 6. The molecule has 2 atom stereocenters. The van der Waals surface area contributed by atoms with E-state index in [1.54, 1.807) is 0 Å². The maximum atomic E-state index is 13.3. The molecule has 0 aromatic carbocycles. The summed E-state index contributed by atoms with van der Waals surface area (Å²) in [6.45, 7) is 6.68. The van der Waals surface area contributed by atoms with Gasteiger partial charge in [-0.25, -0.2) is 4.18 Å². The molecule has 0 aliphatic carbocycles. The van der Waals surface area contributed by atoms with E-state index in [1.165, 1.54) is 103 Å². The topological polar surface area (TPSA) is 78.9 Å². The Labute approximate surface area is 271 Å². The van der Waals surface area contributed by atoms with Crippen molar-refractivity contribution in [3.63, 3.8) is 0 Å². The third kappa shape index (κ3) is 23.7. The fraction of sp³-hybridized carbons (Fsp3) is 0.971. The van der Waals surface area contributed by atoms with Crippen LogP contribution in [0, 0.1) is 5.92 Å². The molecule has 0 saturated heterocycles. The van der Waals surface area contributed by atoms with Gasteiger partial charge in [-0.15, -0.1) is 0 Å². The van der Waals surface area contributed by atoms with Crippen molar-refractivity contribution in [2.75, 3.05) is 14.2 Å². The van der Waals surface area contributed by atoms with Crippen molar-refractivity contribution in [3.8, 4) is 0 Å². The van der Waals surface area contributed by atoms with Crippen LogP contribution in [0.25, 0.3) is 0 Å². The second-order valence-corrected chi connectivity index (χ2v) is 13.8. The third-order valence-electron chi connectivity index (χ3n) is 8.85. The minimum atomic E-state index is -4.24. The van der Waals surface area contributed by atoms with E-state index in [-0.39, 0.29) is 15.9 Å². The second kappa shape index (κ2) is 30.4. The van der Waals surface area contributed by atoms with Crippen molar-refractivity contribution in [3.05, 3.63) is 0 Å². The van der Waals surface area contributed by atoms with E-state index < -0.39 is 21.9 Å². The lowest BCUT2D eigenvalue weighted by Crippen LogP contribution is -2.47. The van der Waals surface area contributed by atoms with Crippen LogP contribution >= 0.6 is 9.90 Å². The fourth-order valence-electron chi connectivity index (χ4n) is 6.19. The van der Waals surface area contributed by atoms with Crippen LogP contribution in [0.15, 0.2) is 0 Å². The molecular weight excluding hydrogens is 579 g/mol. The number of hydrogen-bond donors (Lipinski definition) is 0. The molecule has 0 aliphatic heterocycles. The Morgan fingerprint density at radius 3 is 1.21 bits per heavy atom. The normalized spacial score (nSPS) is 12.7. The van der Waals surface area contributed by atoms with Gasteiger partial charge in [-0.05, 0) is 19.3 Å². The minimum Gasteiger partial charge on any atom is -0.469 e. The Morgan fingerprint density at radius 1 is 0.558 bits per heavy atom. The summed E-state index contributed by atoms with van der Waals surface area (Å²) in [5, 5.41) is 0. The number of esters is 1. The molecule has 2 unspecified atom stereocenters. The van der Waals surface area contributed by atoms with Gasteiger partial charge in [-0.3, -0.25) is 8.98 Å². The van der Waals surface area contributed by atoms with Gasteiger partial charge in [0.1, 0.15) is 5.60 Å². The number of methoxy groups -OCH3 is 1. The van der Waals surface area contributed by atoms with Gasteiger partial charge >= 0.3 is 16.4 Å². The predicted molar refractivity (Wildman–Crippen MR) is 188 cm³/mol. The summed E-state index contributed by atoms with van der Waals surface area (Å²) in [6, 6.07) is 0. The maximum Gasteiger partial charge on any atom is 0.400 e. The molecule has 260 valence electrons. The summed E-state index contributed by atoms with van der Waals surface area (Å²) < 4.78 is 41.7. The van der Waals surface area contributed by atoms with Crippen LogP contribution in [0.5, 0.6) is 0 Å². The summed E-state index contributed by atoms with van der Waals surface area (Å²) in [7, 11) is -1.69. The highest BCUT2D eigenvalue weighted by molar-refractivity contribution is 7.81. The van der Waals surface area contributed by atoms with Crippen molar-refractivity contribution in [2.24, 2.45) is 5.92 Å². The van der Waals surface area contributed by atoms with Crippen LogP contribution in [0.2, 0.25) is 0 Å². The largest absolute Gasteiger partial charge is 0.469 e. The van der Waals surface area contributed by atoms with E-state index in [9.17, 15) is 13.2 Å². The van der Waals surface area contributed by atoms with Gasteiger partial charge in [0.2, 0.25) is 0 Å². The molecule has 43 heavy (non-hydrogen) atoms. The molecule has 0 aromatic rings. The van der Waals surface area contributed by atoms with Crippen LogP contribution in [0.4, 0.5) is 0 Å². The first-order valence-electron chi connectivity index (χ1n) is 17.9. The van der Waals surface area contributed by atoms with E-state index in [0.717, 1.165) is 64.9 Å². The van der Waals surface area contributed by atoms with Crippen LogP contribution in [-0.4, -0.2) is 34.2 Å². The molecule has 0 saturated carbocycles. The van der Waals surface area contributed by atoms with E-state index in [1.807, 2.05) is 0 Å². The first-order valence-corrected chi connectivity index (χ1v) is 19.2. The average molecular weight is 653 g/mol. The van der Waals surface area contributed by atoms with Crippen molar-refractivity contribution < 1.29 is 26.3 Å². The summed E-state index contributed by atoms with van der Waals surface area (Å²) in [5.41, 5.74) is -1.13. The molecule has 6 nitrogen and oxygen atoms in total. The van der Waals surface area contributed by atoms with Gasteiger partial charge in [-0.1, -0.05) is 175 Å². The molecule has 0 N–H and O–H groups in total. The molecule has 0 aromatic heterocycles. The summed E-state index contributed by atoms with van der Waals surface area (Å²) in [4.78, 5) is 13.3. The van der Waals surface area contributed by atoms with Crippen LogP contribution in [0.1, 0.15) is 194 Å². The van der Waals surface area contributed by atoms with Gasteiger partial charge in [0.15, 0.2) is 0 Å². The van der Waals surface area contributed by atoms with Gasteiger partial charge in [0.25, 0.3) is 0 Å². The zero-order chi connectivity index (χ0) is 31.4. The highest BCUT2D eigenvalue weighted by Crippen LogP contribution is 2.40. The quantitative estimate of drug-likeness (QED) is 0.0409. The lowest BCUT2D eigenvalue weighted by Gasteiger charge is -2.38. The molecule has 0 rings (SSSR count). The number of rotatable bonds is 32. The Bertz CT molecular complexity index is 695. The Kier molecular flexibility index (Phi) is 31.8. The molecule has 0 heterocycles. The van der Waals surface area contributed by atoms with Crippen LogP contribution in [0.3, 0.4) is 0 Å². The molecule has 0 spiro atoms. The third-order valence-corrected chi connectivity index (χ3v) is 9.79. The number of unbranched alkanes of at least 4 members (excludes halogenated alkanes) is 21. The average Bonchev–Trinajstić information content (AvgIpc) is 2.98. The lowest BCUT2D eigenvalue weighted by molar-refractivity contribution is -0.156. The summed E-state index contributed by atoms with van der Waals surface area (Å²) in [5.74, 6) is -0.981. The number of ether oxygens (including phenoxy) is 1. The summed E-state index contributed by atoms with van der Waals surface area (Å²) in [6.07, 6.45) is 29.3. The highest BCUT2D eigenvalue weighted by atomic mass is 32.3. The van der Waals surface area contributed by atoms with E-state index in [0.29, 0.717) is 19.3 Å². The molecule has 0 aliphatic rings. The number of carbonyl (C=O) groups excluding carboxylic acids is 1. The van der Waals surface area contributed by atoms with Crippen LogP contribution < -0.4 is 0 Å². The zero-order valence-corrected chi connectivity index (χ0v) is 31.5.